The Balaban J connectivity index is 2.34. The number of carbonyl (C=O) groups excluding carboxylic acids is 2. The molecule has 1 N–H and O–H groups in total. The molecule has 1 aromatic carbocycles. The van der Waals surface area contributed by atoms with Crippen molar-refractivity contribution in [2.45, 2.75) is 45.6 Å². The van der Waals surface area contributed by atoms with Gasteiger partial charge in [-0.25, -0.2) is 9.69 Å². The van der Waals surface area contributed by atoms with Crippen LogP contribution < -0.4 is 10.2 Å². The van der Waals surface area contributed by atoms with Crippen molar-refractivity contribution in [3.8, 4) is 0 Å². The number of amides is 3. The third-order valence-electron chi connectivity index (χ3n) is 3.35. The zero-order valence-corrected chi connectivity index (χ0v) is 12.1. The highest BCUT2D eigenvalue weighted by molar-refractivity contribution is 6.22. The summed E-state index contributed by atoms with van der Waals surface area (Å²) in [5.74, 6) is -0.221. The molecule has 4 nitrogen and oxygen atoms in total. The minimum atomic E-state index is -0.834. The van der Waals surface area contributed by atoms with Gasteiger partial charge in [0.25, 0.3) is 5.91 Å². The smallest absolute Gasteiger partial charge is 0.323 e. The predicted molar refractivity (Wildman–Crippen MR) is 75.2 cm³/mol. The standard InChI is InChI=1S/C15H20N2O2/c1-14(2,3)10-6-8-11(9-7-10)17-12(18)15(4,5)16-13(17)19/h6-9H,1-5H3,(H,16,19). The Morgan fingerprint density at radius 1 is 1.05 bits per heavy atom. The number of nitrogens with one attached hydrogen (secondary N) is 1. The molecule has 0 spiro atoms. The van der Waals surface area contributed by atoms with E-state index in [2.05, 4.69) is 26.1 Å². The van der Waals surface area contributed by atoms with Crippen LogP contribution in [0.5, 0.6) is 0 Å². The monoisotopic (exact) mass is 260 g/mol. The molecule has 1 aliphatic heterocycles. The normalized spacial score (nSPS) is 18.7. The molecular formula is C15H20N2O2. The van der Waals surface area contributed by atoms with E-state index < -0.39 is 5.54 Å². The van der Waals surface area contributed by atoms with Crippen LogP contribution in [-0.2, 0) is 10.2 Å². The Morgan fingerprint density at radius 2 is 1.58 bits per heavy atom. The van der Waals surface area contributed by atoms with E-state index in [0.717, 1.165) is 0 Å². The third-order valence-corrected chi connectivity index (χ3v) is 3.35. The summed E-state index contributed by atoms with van der Waals surface area (Å²) < 4.78 is 0. The molecule has 19 heavy (non-hydrogen) atoms. The first-order chi connectivity index (χ1) is 8.63. The number of imide groups is 1. The lowest BCUT2D eigenvalue weighted by atomic mass is 9.87. The van der Waals surface area contributed by atoms with Crippen LogP contribution in [0.25, 0.3) is 0 Å². The minimum Gasteiger partial charge on any atom is -0.323 e. The molecule has 1 fully saturated rings. The van der Waals surface area contributed by atoms with Crippen LogP contribution in [-0.4, -0.2) is 17.5 Å². The van der Waals surface area contributed by atoms with Crippen molar-refractivity contribution in [1.82, 2.24) is 5.32 Å². The Morgan fingerprint density at radius 3 is 1.95 bits per heavy atom. The number of anilines is 1. The van der Waals surface area contributed by atoms with E-state index in [1.54, 1.807) is 13.8 Å². The number of benzene rings is 1. The topological polar surface area (TPSA) is 49.4 Å². The molecule has 1 aliphatic rings. The molecule has 0 aromatic heterocycles. The highest BCUT2D eigenvalue weighted by Crippen LogP contribution is 2.28. The second-order valence-corrected chi connectivity index (χ2v) is 6.49. The molecule has 0 radical (unpaired) electrons. The molecule has 0 bridgehead atoms. The van der Waals surface area contributed by atoms with Crippen LogP contribution in [0.4, 0.5) is 10.5 Å². The van der Waals surface area contributed by atoms with Crippen LogP contribution in [0, 0.1) is 0 Å². The Kier molecular flexibility index (Phi) is 2.92. The zero-order chi connectivity index (χ0) is 14.4. The van der Waals surface area contributed by atoms with E-state index in [-0.39, 0.29) is 17.4 Å². The van der Waals surface area contributed by atoms with Gasteiger partial charge in [-0.1, -0.05) is 32.9 Å². The minimum absolute atomic E-state index is 0.0507. The van der Waals surface area contributed by atoms with Crippen LogP contribution in [0.3, 0.4) is 0 Å². The SMILES string of the molecule is CC1(C)NC(=O)N(c2ccc(C(C)(C)C)cc2)C1=O. The second kappa shape index (κ2) is 4.08. The molecule has 1 heterocycles. The molecule has 0 saturated carbocycles. The van der Waals surface area contributed by atoms with Crippen molar-refractivity contribution < 1.29 is 9.59 Å². The van der Waals surface area contributed by atoms with E-state index in [9.17, 15) is 9.59 Å². The van der Waals surface area contributed by atoms with E-state index in [1.165, 1.54) is 10.5 Å². The maximum Gasteiger partial charge on any atom is 0.329 e. The van der Waals surface area contributed by atoms with Gasteiger partial charge >= 0.3 is 6.03 Å². The Bertz CT molecular complexity index is 524. The van der Waals surface area contributed by atoms with Crippen molar-refractivity contribution in [3.63, 3.8) is 0 Å². The fourth-order valence-corrected chi connectivity index (χ4v) is 2.09. The zero-order valence-electron chi connectivity index (χ0n) is 12.1. The largest absolute Gasteiger partial charge is 0.329 e. The summed E-state index contributed by atoms with van der Waals surface area (Å²) in [7, 11) is 0. The van der Waals surface area contributed by atoms with E-state index >= 15 is 0 Å². The number of rotatable bonds is 1. The Hall–Kier alpha value is -1.84. The van der Waals surface area contributed by atoms with Gasteiger partial charge in [-0.3, -0.25) is 4.79 Å². The molecule has 3 amide bonds. The summed E-state index contributed by atoms with van der Waals surface area (Å²) in [6.45, 7) is 9.78. The summed E-state index contributed by atoms with van der Waals surface area (Å²) in [5, 5.41) is 2.67. The molecule has 0 unspecified atom stereocenters. The fourth-order valence-electron chi connectivity index (χ4n) is 2.09. The van der Waals surface area contributed by atoms with Crippen LogP contribution in [0.2, 0.25) is 0 Å². The van der Waals surface area contributed by atoms with Gasteiger partial charge in [0.05, 0.1) is 5.69 Å². The van der Waals surface area contributed by atoms with Crippen LogP contribution >= 0.6 is 0 Å². The quantitative estimate of drug-likeness (QED) is 0.789. The van der Waals surface area contributed by atoms with Gasteiger partial charge in [-0.15, -0.1) is 0 Å². The first kappa shape index (κ1) is 13.6. The van der Waals surface area contributed by atoms with Crippen molar-refractivity contribution in [3.05, 3.63) is 29.8 Å². The third kappa shape index (κ3) is 2.35. The van der Waals surface area contributed by atoms with Gasteiger partial charge in [0.1, 0.15) is 5.54 Å². The van der Waals surface area contributed by atoms with Gasteiger partial charge in [-0.05, 0) is 37.0 Å². The van der Waals surface area contributed by atoms with Crippen LogP contribution in [0.1, 0.15) is 40.2 Å². The summed E-state index contributed by atoms with van der Waals surface area (Å²) in [6, 6.07) is 7.19. The highest BCUT2D eigenvalue weighted by Gasteiger charge is 2.45. The van der Waals surface area contributed by atoms with Gasteiger partial charge in [0, 0.05) is 0 Å². The van der Waals surface area contributed by atoms with Gasteiger partial charge < -0.3 is 5.32 Å². The molecule has 0 aliphatic carbocycles. The maximum absolute atomic E-state index is 12.2. The summed E-state index contributed by atoms with van der Waals surface area (Å²) in [5.41, 5.74) is 0.998. The number of hydrogen-bond acceptors (Lipinski definition) is 2. The number of carbonyl (C=O) groups is 2. The summed E-state index contributed by atoms with van der Waals surface area (Å²) >= 11 is 0. The lowest BCUT2D eigenvalue weighted by Gasteiger charge is -2.21. The first-order valence-electron chi connectivity index (χ1n) is 6.40. The van der Waals surface area contributed by atoms with Crippen LogP contribution in [0.15, 0.2) is 24.3 Å². The Labute approximate surface area is 113 Å². The molecule has 102 valence electrons. The predicted octanol–water partition coefficient (Wildman–Crippen LogP) is 2.82. The van der Waals surface area contributed by atoms with Gasteiger partial charge in [-0.2, -0.15) is 0 Å². The average molecular weight is 260 g/mol. The molecule has 1 aromatic rings. The van der Waals surface area contributed by atoms with Gasteiger partial charge in [0.15, 0.2) is 0 Å². The van der Waals surface area contributed by atoms with E-state index in [1.807, 2.05) is 24.3 Å². The lowest BCUT2D eigenvalue weighted by Crippen LogP contribution is -2.40. The first-order valence-corrected chi connectivity index (χ1v) is 6.40. The van der Waals surface area contributed by atoms with Gasteiger partial charge in [0.2, 0.25) is 0 Å². The molecular weight excluding hydrogens is 240 g/mol. The number of hydrogen-bond donors (Lipinski definition) is 1. The van der Waals surface area contributed by atoms with Crippen molar-refractivity contribution in [2.75, 3.05) is 4.90 Å². The van der Waals surface area contributed by atoms with Crippen molar-refractivity contribution in [2.24, 2.45) is 0 Å². The molecule has 2 rings (SSSR count). The fraction of sp³-hybridized carbons (Fsp3) is 0.467. The maximum atomic E-state index is 12.2. The summed E-state index contributed by atoms with van der Waals surface area (Å²) in [6.07, 6.45) is 0. The molecule has 1 saturated heterocycles. The van der Waals surface area contributed by atoms with E-state index in [0.29, 0.717) is 5.69 Å². The average Bonchev–Trinajstić information content (AvgIpc) is 2.47. The summed E-state index contributed by atoms with van der Waals surface area (Å²) in [4.78, 5) is 25.2. The lowest BCUT2D eigenvalue weighted by molar-refractivity contribution is -0.121. The number of urea groups is 1. The van der Waals surface area contributed by atoms with E-state index in [4.69, 9.17) is 0 Å². The highest BCUT2D eigenvalue weighted by atomic mass is 16.2. The second-order valence-electron chi connectivity index (χ2n) is 6.49. The number of nitrogens with zero attached hydrogens (tertiary/aromatic N) is 1. The van der Waals surface area contributed by atoms with Crippen molar-refractivity contribution >= 4 is 17.6 Å². The van der Waals surface area contributed by atoms with Crippen molar-refractivity contribution in [1.29, 1.82) is 0 Å². The molecule has 4 heteroatoms. The molecule has 0 atom stereocenters.